The molecule has 0 saturated carbocycles. The van der Waals surface area contributed by atoms with Gasteiger partial charge >= 0.3 is 0 Å². The Morgan fingerprint density at radius 2 is 2.00 bits per heavy atom. The Kier molecular flexibility index (Phi) is 4.81. The molecule has 0 bridgehead atoms. The van der Waals surface area contributed by atoms with Gasteiger partial charge < -0.3 is 10.1 Å². The number of ether oxygens (including phenoxy) is 1. The molecule has 0 aliphatic rings. The first-order valence-corrected chi connectivity index (χ1v) is 7.01. The lowest BCUT2D eigenvalue weighted by molar-refractivity contribution is 0.460. The van der Waals surface area contributed by atoms with Gasteiger partial charge in [0, 0.05) is 12.6 Å². The van der Waals surface area contributed by atoms with Crippen LogP contribution in [-0.4, -0.2) is 11.5 Å². The SMILES string of the molecule is CCCNc1cccc(Oc2ccccc2I)n1. The molecular weight excluding hydrogens is 339 g/mol. The first-order valence-electron chi connectivity index (χ1n) is 5.93. The number of benzene rings is 1. The van der Waals surface area contributed by atoms with Gasteiger partial charge in [-0.05, 0) is 47.2 Å². The summed E-state index contributed by atoms with van der Waals surface area (Å²) < 4.78 is 6.84. The zero-order chi connectivity index (χ0) is 12.8. The normalized spacial score (nSPS) is 10.1. The first kappa shape index (κ1) is 13.1. The molecule has 0 atom stereocenters. The quantitative estimate of drug-likeness (QED) is 0.813. The van der Waals surface area contributed by atoms with E-state index in [1.54, 1.807) is 0 Å². The Morgan fingerprint density at radius 1 is 1.17 bits per heavy atom. The number of nitrogens with zero attached hydrogens (tertiary/aromatic N) is 1. The molecule has 4 heteroatoms. The monoisotopic (exact) mass is 354 g/mol. The summed E-state index contributed by atoms with van der Waals surface area (Å²) in [4.78, 5) is 4.41. The third-order valence-corrected chi connectivity index (χ3v) is 3.22. The highest BCUT2D eigenvalue weighted by Crippen LogP contribution is 2.25. The maximum Gasteiger partial charge on any atom is 0.221 e. The molecule has 94 valence electrons. The van der Waals surface area contributed by atoms with Crippen LogP contribution in [0.3, 0.4) is 0 Å². The van der Waals surface area contributed by atoms with Crippen LogP contribution in [0.4, 0.5) is 5.82 Å². The zero-order valence-corrected chi connectivity index (χ0v) is 12.3. The number of nitrogens with one attached hydrogen (secondary N) is 1. The second-order valence-electron chi connectivity index (χ2n) is 3.82. The summed E-state index contributed by atoms with van der Waals surface area (Å²) in [6.07, 6.45) is 1.07. The molecule has 2 rings (SSSR count). The van der Waals surface area contributed by atoms with Crippen molar-refractivity contribution in [1.82, 2.24) is 4.98 Å². The van der Waals surface area contributed by atoms with E-state index in [1.165, 1.54) is 0 Å². The lowest BCUT2D eigenvalue weighted by Gasteiger charge is -2.08. The summed E-state index contributed by atoms with van der Waals surface area (Å²) in [6, 6.07) is 13.6. The largest absolute Gasteiger partial charge is 0.438 e. The summed E-state index contributed by atoms with van der Waals surface area (Å²) in [5.41, 5.74) is 0. The van der Waals surface area contributed by atoms with Crippen LogP contribution in [0.15, 0.2) is 42.5 Å². The lowest BCUT2D eigenvalue weighted by Crippen LogP contribution is -2.02. The maximum atomic E-state index is 5.77. The number of rotatable bonds is 5. The van der Waals surface area contributed by atoms with E-state index in [-0.39, 0.29) is 0 Å². The Hall–Kier alpha value is -1.30. The van der Waals surface area contributed by atoms with E-state index in [0.29, 0.717) is 5.88 Å². The topological polar surface area (TPSA) is 34.1 Å². The van der Waals surface area contributed by atoms with Gasteiger partial charge in [0.1, 0.15) is 11.6 Å². The molecule has 18 heavy (non-hydrogen) atoms. The predicted octanol–water partition coefficient (Wildman–Crippen LogP) is 4.30. The molecule has 0 amide bonds. The number of hydrogen-bond acceptors (Lipinski definition) is 3. The van der Waals surface area contributed by atoms with Crippen molar-refractivity contribution in [1.29, 1.82) is 0 Å². The summed E-state index contributed by atoms with van der Waals surface area (Å²) in [5.74, 6) is 2.29. The molecule has 0 fully saturated rings. The summed E-state index contributed by atoms with van der Waals surface area (Å²) >= 11 is 2.25. The third-order valence-electron chi connectivity index (χ3n) is 2.33. The predicted molar refractivity (Wildman–Crippen MR) is 82.3 cm³/mol. The van der Waals surface area contributed by atoms with Crippen molar-refractivity contribution in [2.75, 3.05) is 11.9 Å². The number of halogens is 1. The van der Waals surface area contributed by atoms with Gasteiger partial charge in [-0.1, -0.05) is 25.1 Å². The maximum absolute atomic E-state index is 5.77. The van der Waals surface area contributed by atoms with Crippen molar-refractivity contribution >= 4 is 28.4 Å². The highest BCUT2D eigenvalue weighted by Gasteiger charge is 2.03. The van der Waals surface area contributed by atoms with E-state index in [4.69, 9.17) is 4.74 Å². The van der Waals surface area contributed by atoms with Gasteiger partial charge in [-0.25, -0.2) is 0 Å². The molecule has 0 saturated heterocycles. The van der Waals surface area contributed by atoms with Crippen LogP contribution in [0.5, 0.6) is 11.6 Å². The number of aromatic nitrogens is 1. The molecule has 3 nitrogen and oxygen atoms in total. The van der Waals surface area contributed by atoms with Crippen molar-refractivity contribution < 1.29 is 4.74 Å². The van der Waals surface area contributed by atoms with Crippen molar-refractivity contribution in [3.63, 3.8) is 0 Å². The van der Waals surface area contributed by atoms with Gasteiger partial charge in [0.25, 0.3) is 0 Å². The van der Waals surface area contributed by atoms with E-state index in [0.717, 1.165) is 28.1 Å². The van der Waals surface area contributed by atoms with Crippen LogP contribution in [0.25, 0.3) is 0 Å². The summed E-state index contributed by atoms with van der Waals surface area (Å²) in [7, 11) is 0. The van der Waals surface area contributed by atoms with Crippen LogP contribution in [0.1, 0.15) is 13.3 Å². The molecule has 1 heterocycles. The van der Waals surface area contributed by atoms with Gasteiger partial charge in [-0.3, -0.25) is 0 Å². The number of anilines is 1. The molecule has 1 aromatic heterocycles. The highest BCUT2D eigenvalue weighted by atomic mass is 127. The number of hydrogen-bond donors (Lipinski definition) is 1. The molecule has 0 aliphatic carbocycles. The third kappa shape index (κ3) is 3.60. The Bertz CT molecular complexity index is 517. The van der Waals surface area contributed by atoms with Gasteiger partial charge in [-0.2, -0.15) is 4.98 Å². The van der Waals surface area contributed by atoms with Crippen molar-refractivity contribution in [2.24, 2.45) is 0 Å². The minimum Gasteiger partial charge on any atom is -0.438 e. The second kappa shape index (κ2) is 6.58. The first-order chi connectivity index (χ1) is 8.79. The van der Waals surface area contributed by atoms with Crippen LogP contribution in [0, 0.1) is 3.57 Å². The van der Waals surface area contributed by atoms with Gasteiger partial charge in [0.15, 0.2) is 0 Å². The van der Waals surface area contributed by atoms with E-state index in [1.807, 2.05) is 42.5 Å². The Labute approximate surface area is 121 Å². The van der Waals surface area contributed by atoms with Gasteiger partial charge in [-0.15, -0.1) is 0 Å². The minimum absolute atomic E-state index is 0.611. The van der Waals surface area contributed by atoms with Crippen LogP contribution in [-0.2, 0) is 0 Å². The van der Waals surface area contributed by atoms with E-state index in [9.17, 15) is 0 Å². The van der Waals surface area contributed by atoms with Crippen LogP contribution in [0.2, 0.25) is 0 Å². The zero-order valence-electron chi connectivity index (χ0n) is 10.2. The Balaban J connectivity index is 2.12. The fraction of sp³-hybridized carbons (Fsp3) is 0.214. The summed E-state index contributed by atoms with van der Waals surface area (Å²) in [6.45, 7) is 3.04. The number of para-hydroxylation sites is 1. The Morgan fingerprint density at radius 3 is 2.78 bits per heavy atom. The van der Waals surface area contributed by atoms with Crippen LogP contribution < -0.4 is 10.1 Å². The van der Waals surface area contributed by atoms with Crippen molar-refractivity contribution in [3.8, 4) is 11.6 Å². The minimum atomic E-state index is 0.611. The standard InChI is InChI=1S/C14H15IN2O/c1-2-10-16-13-8-5-9-14(17-13)18-12-7-4-3-6-11(12)15/h3-9H,2,10H2,1H3,(H,16,17). The average molecular weight is 354 g/mol. The second-order valence-corrected chi connectivity index (χ2v) is 4.98. The van der Waals surface area contributed by atoms with E-state index in [2.05, 4.69) is 39.8 Å². The van der Waals surface area contributed by atoms with Crippen LogP contribution >= 0.6 is 22.6 Å². The summed E-state index contributed by atoms with van der Waals surface area (Å²) in [5, 5.41) is 3.24. The molecular formula is C14H15IN2O. The average Bonchev–Trinajstić information content (AvgIpc) is 2.40. The lowest BCUT2D eigenvalue weighted by atomic mass is 10.3. The van der Waals surface area contributed by atoms with Crippen molar-refractivity contribution in [2.45, 2.75) is 13.3 Å². The fourth-order valence-electron chi connectivity index (χ4n) is 1.46. The van der Waals surface area contributed by atoms with Gasteiger partial charge in [0.2, 0.25) is 5.88 Å². The molecule has 0 aliphatic heterocycles. The molecule has 2 aromatic rings. The molecule has 1 N–H and O–H groups in total. The van der Waals surface area contributed by atoms with Crippen molar-refractivity contribution in [3.05, 3.63) is 46.0 Å². The smallest absolute Gasteiger partial charge is 0.221 e. The molecule has 0 spiro atoms. The molecule has 0 unspecified atom stereocenters. The molecule has 0 radical (unpaired) electrons. The highest BCUT2D eigenvalue weighted by molar-refractivity contribution is 14.1. The molecule has 1 aromatic carbocycles. The fourth-order valence-corrected chi connectivity index (χ4v) is 1.96. The number of pyridine rings is 1. The van der Waals surface area contributed by atoms with Gasteiger partial charge in [0.05, 0.1) is 3.57 Å². The van der Waals surface area contributed by atoms with E-state index >= 15 is 0 Å². The van der Waals surface area contributed by atoms with E-state index < -0.39 is 0 Å².